The summed E-state index contributed by atoms with van der Waals surface area (Å²) < 4.78 is 10.8. The number of phenolic OH excluding ortho intramolecular Hbond substituents is 1. The molecule has 2 N–H and O–H groups in total. The minimum Gasteiger partial charge on any atom is -0.502 e. The molecule has 2 heterocycles. The number of aromatic nitrogens is 1. The van der Waals surface area contributed by atoms with Crippen LogP contribution in [-0.4, -0.2) is 30.1 Å². The molecule has 164 valence electrons. The quantitative estimate of drug-likeness (QED) is 0.589. The average Bonchev–Trinajstić information content (AvgIpc) is 2.77. The van der Waals surface area contributed by atoms with Crippen molar-refractivity contribution in [1.82, 2.24) is 4.98 Å². The van der Waals surface area contributed by atoms with E-state index < -0.39 is 0 Å². The molecule has 32 heavy (non-hydrogen) atoms. The molecule has 0 fully saturated rings. The van der Waals surface area contributed by atoms with Crippen molar-refractivity contribution in [3.8, 4) is 17.2 Å². The van der Waals surface area contributed by atoms with Crippen molar-refractivity contribution in [2.45, 2.75) is 32.7 Å². The molecule has 0 unspecified atom stereocenters. The number of allylic oxidation sites excluding steroid dienone is 1. The highest BCUT2D eigenvalue weighted by Gasteiger charge is 2.41. The topological polar surface area (TPSA) is 80.7 Å². The van der Waals surface area contributed by atoms with E-state index in [1.54, 1.807) is 18.3 Å². The van der Waals surface area contributed by atoms with Crippen molar-refractivity contribution in [3.63, 3.8) is 0 Å². The van der Waals surface area contributed by atoms with Crippen LogP contribution >= 0.6 is 0 Å². The number of hydrogen-bond acceptors (Lipinski definition) is 6. The first-order chi connectivity index (χ1) is 15.3. The Hall–Kier alpha value is -3.54. The normalized spacial score (nSPS) is 19.2. The number of ether oxygens (including phenoxy) is 2. The standard InChI is InChI=1S/C26H26N2O4/c1-26(2)12-16-22-15-6-5-9-27-17(15)7-8-18(22)28-24(23(16)19(29)13-26)14-10-20(31-3)25(30)21(11-14)32-4/h5-11,24,28,30H,12-13H2,1-4H3/t24-/m1/s1. The maximum atomic E-state index is 13.5. The van der Waals surface area contributed by atoms with Crippen molar-refractivity contribution in [3.05, 3.63) is 59.3 Å². The lowest BCUT2D eigenvalue weighted by Crippen LogP contribution is -2.33. The lowest BCUT2D eigenvalue weighted by Gasteiger charge is -2.40. The highest BCUT2D eigenvalue weighted by Crippen LogP contribution is 2.53. The van der Waals surface area contributed by atoms with Gasteiger partial charge in [-0.1, -0.05) is 19.9 Å². The lowest BCUT2D eigenvalue weighted by molar-refractivity contribution is -0.118. The van der Waals surface area contributed by atoms with Crippen molar-refractivity contribution in [2.75, 3.05) is 19.5 Å². The number of pyridine rings is 1. The molecular formula is C26H26N2O4. The minimum atomic E-state index is -0.376. The van der Waals surface area contributed by atoms with Gasteiger partial charge in [0.15, 0.2) is 17.3 Å². The zero-order chi connectivity index (χ0) is 22.6. The third kappa shape index (κ3) is 3.09. The van der Waals surface area contributed by atoms with Crippen LogP contribution in [0.2, 0.25) is 0 Å². The van der Waals surface area contributed by atoms with E-state index in [0.29, 0.717) is 17.9 Å². The predicted molar refractivity (Wildman–Crippen MR) is 124 cm³/mol. The molecular weight excluding hydrogens is 404 g/mol. The highest BCUT2D eigenvalue weighted by molar-refractivity contribution is 6.12. The van der Waals surface area contributed by atoms with Crippen LogP contribution in [0.4, 0.5) is 5.69 Å². The number of benzene rings is 2. The smallest absolute Gasteiger partial charge is 0.200 e. The molecule has 0 saturated carbocycles. The average molecular weight is 431 g/mol. The Morgan fingerprint density at radius 2 is 1.81 bits per heavy atom. The molecule has 0 saturated heterocycles. The van der Waals surface area contributed by atoms with Crippen LogP contribution in [0.3, 0.4) is 0 Å². The summed E-state index contributed by atoms with van der Waals surface area (Å²) in [7, 11) is 3.00. The van der Waals surface area contributed by atoms with Crippen LogP contribution < -0.4 is 14.8 Å². The van der Waals surface area contributed by atoms with Gasteiger partial charge in [-0.3, -0.25) is 9.78 Å². The van der Waals surface area contributed by atoms with Gasteiger partial charge in [-0.05, 0) is 53.3 Å². The van der Waals surface area contributed by atoms with Gasteiger partial charge in [0.1, 0.15) is 0 Å². The van der Waals surface area contributed by atoms with Crippen molar-refractivity contribution < 1.29 is 19.4 Å². The van der Waals surface area contributed by atoms with Gasteiger partial charge in [0, 0.05) is 34.8 Å². The fourth-order valence-electron chi connectivity index (χ4n) is 5.05. The second-order valence-electron chi connectivity index (χ2n) is 9.24. The number of nitrogens with zero attached hydrogens (tertiary/aromatic N) is 1. The summed E-state index contributed by atoms with van der Waals surface area (Å²) in [6.07, 6.45) is 3.06. The van der Waals surface area contributed by atoms with Crippen LogP contribution in [0.25, 0.3) is 16.5 Å². The van der Waals surface area contributed by atoms with E-state index in [0.717, 1.165) is 45.3 Å². The minimum absolute atomic E-state index is 0.0580. The fraction of sp³-hybridized carbons (Fsp3) is 0.308. The molecule has 1 aromatic heterocycles. The summed E-state index contributed by atoms with van der Waals surface area (Å²) in [5.41, 5.74) is 5.42. The second kappa shape index (κ2) is 7.26. The number of aromatic hydroxyl groups is 1. The van der Waals surface area contributed by atoms with Gasteiger partial charge in [-0.2, -0.15) is 0 Å². The van der Waals surface area contributed by atoms with Gasteiger partial charge in [0.2, 0.25) is 5.75 Å². The molecule has 6 nitrogen and oxygen atoms in total. The molecule has 1 aliphatic heterocycles. The van der Waals surface area contributed by atoms with E-state index in [9.17, 15) is 9.90 Å². The van der Waals surface area contributed by atoms with Crippen LogP contribution in [0.5, 0.6) is 17.2 Å². The van der Waals surface area contributed by atoms with E-state index in [-0.39, 0.29) is 23.0 Å². The SMILES string of the molecule is COc1cc([C@H]2Nc3ccc4ncccc4c3C3=C2C(=O)CC(C)(C)C3)cc(OC)c1O. The van der Waals surface area contributed by atoms with Gasteiger partial charge in [-0.15, -0.1) is 0 Å². The maximum absolute atomic E-state index is 13.5. The van der Waals surface area contributed by atoms with Gasteiger partial charge in [-0.25, -0.2) is 0 Å². The number of carbonyl (C=O) groups is 1. The van der Waals surface area contributed by atoms with Crippen LogP contribution in [0.15, 0.2) is 48.2 Å². The molecule has 3 aromatic rings. The molecule has 1 aliphatic carbocycles. The Morgan fingerprint density at radius 3 is 2.50 bits per heavy atom. The van der Waals surface area contributed by atoms with E-state index in [1.165, 1.54) is 14.2 Å². The van der Waals surface area contributed by atoms with Crippen molar-refractivity contribution in [2.24, 2.45) is 5.41 Å². The van der Waals surface area contributed by atoms with Crippen LogP contribution in [0.1, 0.15) is 43.9 Å². The monoisotopic (exact) mass is 430 g/mol. The lowest BCUT2D eigenvalue weighted by atomic mass is 9.68. The fourth-order valence-corrected chi connectivity index (χ4v) is 5.05. The Kier molecular flexibility index (Phi) is 4.62. The molecule has 0 radical (unpaired) electrons. The number of methoxy groups -OCH3 is 2. The number of anilines is 1. The zero-order valence-corrected chi connectivity index (χ0v) is 18.7. The number of fused-ring (bicyclic) bond motifs is 4. The summed E-state index contributed by atoms with van der Waals surface area (Å²) in [5, 5.41) is 15.0. The molecule has 1 atom stereocenters. The maximum Gasteiger partial charge on any atom is 0.200 e. The Morgan fingerprint density at radius 1 is 1.09 bits per heavy atom. The molecule has 0 amide bonds. The first-order valence-electron chi connectivity index (χ1n) is 10.7. The van der Waals surface area contributed by atoms with E-state index in [4.69, 9.17) is 9.47 Å². The van der Waals surface area contributed by atoms with Gasteiger partial charge in [0.25, 0.3) is 0 Å². The summed E-state index contributed by atoms with van der Waals surface area (Å²) in [4.78, 5) is 18.0. The predicted octanol–water partition coefficient (Wildman–Crippen LogP) is 5.27. The molecule has 2 aromatic carbocycles. The summed E-state index contributed by atoms with van der Waals surface area (Å²) in [5.74, 6) is 0.685. The number of Topliss-reactive ketones (excluding diaryl/α,β-unsaturated/α-hetero) is 1. The van der Waals surface area contributed by atoms with Crippen LogP contribution in [-0.2, 0) is 4.79 Å². The van der Waals surface area contributed by atoms with Gasteiger partial charge < -0.3 is 19.9 Å². The molecule has 5 rings (SSSR count). The number of hydrogen-bond donors (Lipinski definition) is 2. The Bertz CT molecular complexity index is 1270. The van der Waals surface area contributed by atoms with Gasteiger partial charge in [0.05, 0.1) is 25.8 Å². The van der Waals surface area contributed by atoms with E-state index in [1.807, 2.05) is 18.2 Å². The third-order valence-electron chi connectivity index (χ3n) is 6.43. The third-order valence-corrected chi connectivity index (χ3v) is 6.43. The van der Waals surface area contributed by atoms with Gasteiger partial charge >= 0.3 is 0 Å². The number of nitrogens with one attached hydrogen (secondary N) is 1. The first-order valence-corrected chi connectivity index (χ1v) is 10.7. The highest BCUT2D eigenvalue weighted by atomic mass is 16.5. The van der Waals surface area contributed by atoms with Crippen molar-refractivity contribution >= 4 is 27.9 Å². The Labute approximate surface area is 186 Å². The molecule has 0 spiro atoms. The summed E-state index contributed by atoms with van der Waals surface area (Å²) in [6, 6.07) is 11.2. The van der Waals surface area contributed by atoms with Crippen molar-refractivity contribution in [1.29, 1.82) is 0 Å². The van der Waals surface area contributed by atoms with E-state index >= 15 is 0 Å². The molecule has 2 aliphatic rings. The second-order valence-corrected chi connectivity index (χ2v) is 9.24. The first kappa shape index (κ1) is 20.4. The number of carbonyl (C=O) groups excluding carboxylic acids is 1. The largest absolute Gasteiger partial charge is 0.502 e. The molecule has 0 bridgehead atoms. The number of ketones is 1. The number of rotatable bonds is 3. The summed E-state index contributed by atoms with van der Waals surface area (Å²) >= 11 is 0. The Balaban J connectivity index is 1.79. The van der Waals surface area contributed by atoms with E-state index in [2.05, 4.69) is 30.2 Å². The van der Waals surface area contributed by atoms with Crippen LogP contribution in [0, 0.1) is 5.41 Å². The zero-order valence-electron chi connectivity index (χ0n) is 18.7. The molecule has 6 heteroatoms. The number of phenols is 1. The summed E-state index contributed by atoms with van der Waals surface area (Å²) in [6.45, 7) is 4.28.